The summed E-state index contributed by atoms with van der Waals surface area (Å²) < 4.78 is 1.67. The molecule has 0 saturated heterocycles. The van der Waals surface area contributed by atoms with E-state index in [4.69, 9.17) is 11.6 Å². The monoisotopic (exact) mass is 396 g/mol. The van der Waals surface area contributed by atoms with Crippen LogP contribution >= 0.6 is 11.6 Å². The number of benzene rings is 2. The third-order valence-corrected chi connectivity index (χ3v) is 4.46. The van der Waals surface area contributed by atoms with E-state index in [-0.39, 0.29) is 17.7 Å². The van der Waals surface area contributed by atoms with Crippen LogP contribution < -0.4 is 10.6 Å². The molecule has 6 nitrogen and oxygen atoms in total. The van der Waals surface area contributed by atoms with Crippen molar-refractivity contribution in [3.05, 3.63) is 77.4 Å². The Bertz CT molecular complexity index is 952. The molecule has 1 aromatic heterocycles. The van der Waals surface area contributed by atoms with E-state index in [1.165, 1.54) is 0 Å². The van der Waals surface area contributed by atoms with Crippen LogP contribution in [0.2, 0.25) is 5.02 Å². The van der Waals surface area contributed by atoms with Crippen molar-refractivity contribution in [2.45, 2.75) is 19.9 Å². The van der Waals surface area contributed by atoms with Gasteiger partial charge in [-0.1, -0.05) is 43.6 Å². The van der Waals surface area contributed by atoms with Crippen molar-refractivity contribution in [3.8, 4) is 5.69 Å². The largest absolute Gasteiger partial charge is 0.340 e. The van der Waals surface area contributed by atoms with Gasteiger partial charge in [0.2, 0.25) is 5.91 Å². The summed E-state index contributed by atoms with van der Waals surface area (Å²) in [5.74, 6) is -0.344. The van der Waals surface area contributed by atoms with E-state index in [1.807, 2.05) is 44.2 Å². The van der Waals surface area contributed by atoms with E-state index >= 15 is 0 Å². The van der Waals surface area contributed by atoms with Crippen LogP contribution in [0.25, 0.3) is 5.69 Å². The first-order valence-corrected chi connectivity index (χ1v) is 9.30. The van der Waals surface area contributed by atoms with Gasteiger partial charge in [-0.15, -0.1) is 0 Å². The lowest BCUT2D eigenvalue weighted by Gasteiger charge is -2.21. The molecular weight excluding hydrogens is 376 g/mol. The van der Waals surface area contributed by atoms with Crippen LogP contribution in [0.3, 0.4) is 0 Å². The molecule has 3 aromatic rings. The van der Waals surface area contributed by atoms with Gasteiger partial charge in [0, 0.05) is 22.8 Å². The van der Waals surface area contributed by atoms with Gasteiger partial charge in [-0.2, -0.15) is 5.10 Å². The number of rotatable bonds is 6. The lowest BCUT2D eigenvalue weighted by molar-refractivity contribution is -0.118. The Morgan fingerprint density at radius 1 is 1.00 bits per heavy atom. The number of carbonyl (C=O) groups excluding carboxylic acids is 2. The first-order valence-electron chi connectivity index (χ1n) is 8.92. The molecule has 0 aliphatic heterocycles. The molecule has 2 amide bonds. The standard InChI is InChI=1S/C21H21ClN4O2/c1-14(2)19(24-20(27)15-8-10-16(22)11-9-15)21(28)23-18-12-13-26(25-18)17-6-4-3-5-7-17/h3-14,19H,1-2H3,(H,24,27)(H,23,25,28). The molecular formula is C21H21ClN4O2. The zero-order valence-corrected chi connectivity index (χ0v) is 16.4. The lowest BCUT2D eigenvalue weighted by atomic mass is 10.0. The molecule has 0 bridgehead atoms. The number of carbonyl (C=O) groups is 2. The smallest absolute Gasteiger partial charge is 0.251 e. The fraction of sp³-hybridized carbons (Fsp3) is 0.190. The molecule has 0 radical (unpaired) electrons. The number of amides is 2. The summed E-state index contributed by atoms with van der Waals surface area (Å²) in [6.07, 6.45) is 1.77. The summed E-state index contributed by atoms with van der Waals surface area (Å²) in [6, 6.07) is 17.1. The molecule has 0 aliphatic carbocycles. The number of nitrogens with zero attached hydrogens (tertiary/aromatic N) is 2. The van der Waals surface area contributed by atoms with Gasteiger partial charge in [0.15, 0.2) is 5.82 Å². The average molecular weight is 397 g/mol. The Morgan fingerprint density at radius 3 is 2.32 bits per heavy atom. The highest BCUT2D eigenvalue weighted by atomic mass is 35.5. The minimum atomic E-state index is -0.704. The summed E-state index contributed by atoms with van der Waals surface area (Å²) in [5, 5.41) is 10.5. The van der Waals surface area contributed by atoms with Gasteiger partial charge in [0.05, 0.1) is 5.69 Å². The minimum absolute atomic E-state index is 0.104. The van der Waals surface area contributed by atoms with Crippen LogP contribution in [0.1, 0.15) is 24.2 Å². The van der Waals surface area contributed by atoms with E-state index in [0.29, 0.717) is 16.4 Å². The average Bonchev–Trinajstić information content (AvgIpc) is 3.15. The number of para-hydroxylation sites is 1. The fourth-order valence-corrected chi connectivity index (χ4v) is 2.81. The van der Waals surface area contributed by atoms with Gasteiger partial charge >= 0.3 is 0 Å². The maximum absolute atomic E-state index is 12.7. The Balaban J connectivity index is 1.69. The van der Waals surface area contributed by atoms with E-state index in [2.05, 4.69) is 15.7 Å². The summed E-state index contributed by atoms with van der Waals surface area (Å²) in [4.78, 5) is 25.2. The van der Waals surface area contributed by atoms with Crippen molar-refractivity contribution in [2.75, 3.05) is 5.32 Å². The first kappa shape index (κ1) is 19.6. The van der Waals surface area contributed by atoms with E-state index in [0.717, 1.165) is 5.69 Å². The molecule has 3 rings (SSSR count). The Hall–Kier alpha value is -3.12. The highest BCUT2D eigenvalue weighted by Crippen LogP contribution is 2.13. The Labute approximate surface area is 168 Å². The molecule has 0 spiro atoms. The number of anilines is 1. The number of hydrogen-bond donors (Lipinski definition) is 2. The van der Waals surface area contributed by atoms with Crippen LogP contribution in [0.15, 0.2) is 66.9 Å². The summed E-state index contributed by atoms with van der Waals surface area (Å²) >= 11 is 5.85. The third kappa shape index (κ3) is 4.78. The zero-order chi connectivity index (χ0) is 20.1. The van der Waals surface area contributed by atoms with Gasteiger partial charge in [-0.05, 0) is 42.3 Å². The van der Waals surface area contributed by atoms with Crippen molar-refractivity contribution in [1.82, 2.24) is 15.1 Å². The van der Waals surface area contributed by atoms with Gasteiger partial charge < -0.3 is 10.6 Å². The molecule has 0 fully saturated rings. The molecule has 28 heavy (non-hydrogen) atoms. The van der Waals surface area contributed by atoms with Crippen LogP contribution in [0.4, 0.5) is 5.82 Å². The van der Waals surface area contributed by atoms with Crippen LogP contribution in [-0.4, -0.2) is 27.6 Å². The predicted molar refractivity (Wildman–Crippen MR) is 110 cm³/mol. The van der Waals surface area contributed by atoms with E-state index < -0.39 is 6.04 Å². The Kier molecular flexibility index (Phi) is 6.11. The van der Waals surface area contributed by atoms with Crippen LogP contribution in [0.5, 0.6) is 0 Å². The Morgan fingerprint density at radius 2 is 1.68 bits per heavy atom. The number of halogens is 1. The van der Waals surface area contributed by atoms with Crippen LogP contribution in [0, 0.1) is 5.92 Å². The highest BCUT2D eigenvalue weighted by molar-refractivity contribution is 6.30. The van der Waals surface area contributed by atoms with Crippen molar-refractivity contribution in [2.24, 2.45) is 5.92 Å². The van der Waals surface area contributed by atoms with Crippen molar-refractivity contribution < 1.29 is 9.59 Å². The molecule has 1 atom stereocenters. The third-order valence-electron chi connectivity index (χ3n) is 4.20. The quantitative estimate of drug-likeness (QED) is 0.663. The second-order valence-electron chi connectivity index (χ2n) is 6.67. The van der Waals surface area contributed by atoms with Crippen molar-refractivity contribution in [3.63, 3.8) is 0 Å². The van der Waals surface area contributed by atoms with E-state index in [9.17, 15) is 9.59 Å². The maximum atomic E-state index is 12.7. The number of nitrogens with one attached hydrogen (secondary N) is 2. The molecule has 0 saturated carbocycles. The number of hydrogen-bond acceptors (Lipinski definition) is 3. The van der Waals surface area contributed by atoms with Gasteiger partial charge in [-0.3, -0.25) is 9.59 Å². The molecule has 0 aliphatic rings. The maximum Gasteiger partial charge on any atom is 0.251 e. The molecule has 1 unspecified atom stereocenters. The molecule has 1 heterocycles. The second kappa shape index (κ2) is 8.71. The molecule has 2 N–H and O–H groups in total. The predicted octanol–water partition coefficient (Wildman–Crippen LogP) is 3.92. The summed E-state index contributed by atoms with van der Waals surface area (Å²) in [7, 11) is 0. The minimum Gasteiger partial charge on any atom is -0.340 e. The van der Waals surface area contributed by atoms with Crippen LogP contribution in [-0.2, 0) is 4.79 Å². The summed E-state index contributed by atoms with van der Waals surface area (Å²) in [6.45, 7) is 3.74. The zero-order valence-electron chi connectivity index (χ0n) is 15.6. The lowest BCUT2D eigenvalue weighted by Crippen LogP contribution is -2.47. The molecule has 144 valence electrons. The SMILES string of the molecule is CC(C)C(NC(=O)c1ccc(Cl)cc1)C(=O)Nc1ccn(-c2ccccc2)n1. The fourth-order valence-electron chi connectivity index (χ4n) is 2.68. The van der Waals surface area contributed by atoms with Crippen molar-refractivity contribution >= 4 is 29.2 Å². The second-order valence-corrected chi connectivity index (χ2v) is 7.11. The van der Waals surface area contributed by atoms with Gasteiger partial charge in [0.1, 0.15) is 6.04 Å². The topological polar surface area (TPSA) is 76.0 Å². The van der Waals surface area contributed by atoms with Gasteiger partial charge in [0.25, 0.3) is 5.91 Å². The molecule has 2 aromatic carbocycles. The van der Waals surface area contributed by atoms with E-state index in [1.54, 1.807) is 41.2 Å². The van der Waals surface area contributed by atoms with Gasteiger partial charge in [-0.25, -0.2) is 4.68 Å². The number of aromatic nitrogens is 2. The summed E-state index contributed by atoms with van der Waals surface area (Å²) in [5.41, 5.74) is 1.33. The van der Waals surface area contributed by atoms with Crippen molar-refractivity contribution in [1.29, 1.82) is 0 Å². The highest BCUT2D eigenvalue weighted by Gasteiger charge is 2.25. The normalized spacial score (nSPS) is 11.9. The molecule has 7 heteroatoms. The first-order chi connectivity index (χ1) is 13.4.